The lowest BCUT2D eigenvalue weighted by Gasteiger charge is -2.19. The number of nitrogens with zero attached hydrogens (tertiary/aromatic N) is 1. The highest BCUT2D eigenvalue weighted by Gasteiger charge is 2.04. The summed E-state index contributed by atoms with van der Waals surface area (Å²) in [6.45, 7) is 7.63. The molecule has 0 spiro atoms. The number of morpholine rings is 1. The van der Waals surface area contributed by atoms with Crippen LogP contribution in [0, 0.1) is 0 Å². The van der Waals surface area contributed by atoms with Crippen LogP contribution in [0.15, 0.2) is 0 Å². The van der Waals surface area contributed by atoms with E-state index in [-0.39, 0.29) is 5.97 Å². The molecule has 0 unspecified atom stereocenters. The Hall–Kier alpha value is 0.120. The fraction of sp³-hybridized carbons (Fsp3) is 0.875. The molecule has 1 aliphatic rings. The molecular weight excluding hydrogens is 285 g/mol. The molecule has 0 amide bonds. The summed E-state index contributed by atoms with van der Waals surface area (Å²) < 4.78 is 11.7. The number of esters is 1. The van der Waals surface area contributed by atoms with Gasteiger partial charge < -0.3 is 9.47 Å². The average Bonchev–Trinajstić information content (AvgIpc) is 2.06. The van der Waals surface area contributed by atoms with Crippen LogP contribution in [0.5, 0.6) is 0 Å². The van der Waals surface area contributed by atoms with Crippen molar-refractivity contribution in [2.45, 2.75) is 13.8 Å². The summed E-state index contributed by atoms with van der Waals surface area (Å²) in [5, 5.41) is 0. The van der Waals surface area contributed by atoms with Gasteiger partial charge in [0.15, 0.2) is 0 Å². The molecule has 0 aromatic carbocycles. The fourth-order valence-corrected chi connectivity index (χ4v) is 1.14. The van der Waals surface area contributed by atoms with E-state index in [2.05, 4.69) is 30.7 Å². The molecule has 1 saturated heterocycles. The van der Waals surface area contributed by atoms with E-state index < -0.39 is 0 Å². The standard InChI is InChI=1S/C4H8INO.C4H8O2/c5-6-1-3-7-4-2-6;1-3-6-4(2)5/h1-4H2;3H2,1-2H3. The molecule has 0 saturated carbocycles. The molecule has 1 aliphatic heterocycles. The second-order valence-electron chi connectivity index (χ2n) is 2.45. The lowest BCUT2D eigenvalue weighted by molar-refractivity contribution is -0.140. The van der Waals surface area contributed by atoms with Gasteiger partial charge in [-0.3, -0.25) is 4.79 Å². The van der Waals surface area contributed by atoms with Crippen LogP contribution in [-0.4, -0.2) is 42.0 Å². The van der Waals surface area contributed by atoms with Gasteiger partial charge in [0.2, 0.25) is 0 Å². The molecule has 0 aromatic heterocycles. The molecule has 5 heteroatoms. The monoisotopic (exact) mass is 301 g/mol. The normalized spacial score (nSPS) is 17.2. The second kappa shape index (κ2) is 8.71. The van der Waals surface area contributed by atoms with Crippen LogP contribution in [0.4, 0.5) is 0 Å². The van der Waals surface area contributed by atoms with E-state index in [1.54, 1.807) is 6.92 Å². The Balaban J connectivity index is 0.000000226. The van der Waals surface area contributed by atoms with E-state index in [9.17, 15) is 4.79 Å². The summed E-state index contributed by atoms with van der Waals surface area (Å²) in [6, 6.07) is 0. The van der Waals surface area contributed by atoms with E-state index in [1.807, 2.05) is 0 Å². The van der Waals surface area contributed by atoms with E-state index in [1.165, 1.54) is 6.92 Å². The third-order valence-electron chi connectivity index (χ3n) is 1.30. The molecule has 1 heterocycles. The number of halogens is 1. The van der Waals surface area contributed by atoms with E-state index in [0.29, 0.717) is 6.61 Å². The van der Waals surface area contributed by atoms with Crippen molar-refractivity contribution in [1.82, 2.24) is 3.11 Å². The minimum Gasteiger partial charge on any atom is -0.466 e. The van der Waals surface area contributed by atoms with E-state index >= 15 is 0 Å². The Kier molecular flexibility index (Phi) is 8.79. The minimum atomic E-state index is -0.211. The van der Waals surface area contributed by atoms with Crippen molar-refractivity contribution in [2.75, 3.05) is 32.9 Å². The maximum atomic E-state index is 9.82. The van der Waals surface area contributed by atoms with Crippen LogP contribution in [0.25, 0.3) is 0 Å². The zero-order chi connectivity index (χ0) is 10.1. The first-order chi connectivity index (χ1) is 6.16. The highest BCUT2D eigenvalue weighted by Crippen LogP contribution is 2.01. The van der Waals surface area contributed by atoms with E-state index in [4.69, 9.17) is 4.74 Å². The van der Waals surface area contributed by atoms with Crippen LogP contribution in [-0.2, 0) is 14.3 Å². The molecular formula is C8H16INO3. The van der Waals surface area contributed by atoms with Crippen molar-refractivity contribution in [3.05, 3.63) is 0 Å². The highest BCUT2D eigenvalue weighted by molar-refractivity contribution is 14.1. The SMILES string of the molecule is CCOC(C)=O.IN1CCOCC1. The molecule has 13 heavy (non-hydrogen) atoms. The van der Waals surface area contributed by atoms with Gasteiger partial charge in [-0.15, -0.1) is 0 Å². The minimum absolute atomic E-state index is 0.211. The summed E-state index contributed by atoms with van der Waals surface area (Å²) in [6.07, 6.45) is 0. The largest absolute Gasteiger partial charge is 0.466 e. The first-order valence-corrected chi connectivity index (χ1v) is 5.25. The Bertz CT molecular complexity index is 137. The summed E-state index contributed by atoms with van der Waals surface area (Å²) in [5.41, 5.74) is 0. The highest BCUT2D eigenvalue weighted by atomic mass is 127. The Labute approximate surface area is 93.1 Å². The number of hydrogen-bond donors (Lipinski definition) is 0. The number of ether oxygens (including phenoxy) is 2. The molecule has 0 N–H and O–H groups in total. The van der Waals surface area contributed by atoms with Gasteiger partial charge in [0.05, 0.1) is 19.8 Å². The lowest BCUT2D eigenvalue weighted by Crippen LogP contribution is -2.28. The van der Waals surface area contributed by atoms with Crippen molar-refractivity contribution in [2.24, 2.45) is 0 Å². The van der Waals surface area contributed by atoms with Gasteiger partial charge in [0.1, 0.15) is 0 Å². The zero-order valence-corrected chi connectivity index (χ0v) is 10.2. The molecule has 0 atom stereocenters. The van der Waals surface area contributed by atoms with Gasteiger partial charge in [-0.2, -0.15) is 0 Å². The zero-order valence-electron chi connectivity index (χ0n) is 8.09. The van der Waals surface area contributed by atoms with Crippen molar-refractivity contribution in [3.8, 4) is 0 Å². The fourth-order valence-electron chi connectivity index (χ4n) is 0.744. The molecule has 1 fully saturated rings. The second-order valence-corrected chi connectivity index (χ2v) is 3.81. The van der Waals surface area contributed by atoms with Crippen LogP contribution >= 0.6 is 22.9 Å². The summed E-state index contributed by atoms with van der Waals surface area (Å²) in [4.78, 5) is 9.82. The van der Waals surface area contributed by atoms with Crippen molar-refractivity contribution in [3.63, 3.8) is 0 Å². The smallest absolute Gasteiger partial charge is 0.302 e. The maximum absolute atomic E-state index is 9.82. The van der Waals surface area contributed by atoms with Crippen LogP contribution in [0.2, 0.25) is 0 Å². The predicted octanol–water partition coefficient (Wildman–Crippen LogP) is 1.24. The lowest BCUT2D eigenvalue weighted by atomic mass is 10.5. The van der Waals surface area contributed by atoms with Gasteiger partial charge in [0.25, 0.3) is 0 Å². The van der Waals surface area contributed by atoms with Crippen LogP contribution in [0.3, 0.4) is 0 Å². The van der Waals surface area contributed by atoms with Gasteiger partial charge in [0, 0.05) is 42.9 Å². The van der Waals surface area contributed by atoms with Crippen LogP contribution < -0.4 is 0 Å². The summed E-state index contributed by atoms with van der Waals surface area (Å²) in [7, 11) is 0. The third kappa shape index (κ3) is 10.0. The van der Waals surface area contributed by atoms with Crippen LogP contribution in [0.1, 0.15) is 13.8 Å². The van der Waals surface area contributed by atoms with Crippen molar-refractivity contribution >= 4 is 28.8 Å². The molecule has 0 aliphatic carbocycles. The van der Waals surface area contributed by atoms with Crippen molar-refractivity contribution in [1.29, 1.82) is 0 Å². The van der Waals surface area contributed by atoms with Gasteiger partial charge in [-0.25, -0.2) is 3.11 Å². The Morgan fingerprint density at radius 2 is 2.08 bits per heavy atom. The predicted molar refractivity (Wildman–Crippen MR) is 58.7 cm³/mol. The van der Waals surface area contributed by atoms with E-state index in [0.717, 1.165) is 26.3 Å². The maximum Gasteiger partial charge on any atom is 0.302 e. The molecule has 0 bridgehead atoms. The average molecular weight is 301 g/mol. The molecule has 0 aromatic rings. The first kappa shape index (κ1) is 13.1. The molecule has 1 rings (SSSR count). The van der Waals surface area contributed by atoms with Gasteiger partial charge in [-0.1, -0.05) is 0 Å². The van der Waals surface area contributed by atoms with Gasteiger partial charge >= 0.3 is 5.97 Å². The molecule has 0 radical (unpaired) electrons. The summed E-state index contributed by atoms with van der Waals surface area (Å²) in [5.74, 6) is -0.211. The number of rotatable bonds is 1. The third-order valence-corrected chi connectivity index (χ3v) is 2.27. The first-order valence-electron chi connectivity index (χ1n) is 4.28. The number of carbonyl (C=O) groups excluding carboxylic acids is 1. The Morgan fingerprint density at radius 3 is 2.23 bits per heavy atom. The quantitative estimate of drug-likeness (QED) is 0.415. The van der Waals surface area contributed by atoms with Crippen molar-refractivity contribution < 1.29 is 14.3 Å². The molecule has 4 nitrogen and oxygen atoms in total. The summed E-state index contributed by atoms with van der Waals surface area (Å²) >= 11 is 2.31. The topological polar surface area (TPSA) is 38.8 Å². The number of carbonyl (C=O) groups is 1. The van der Waals surface area contributed by atoms with Gasteiger partial charge in [-0.05, 0) is 6.92 Å². The number of hydrogen-bond acceptors (Lipinski definition) is 4. The Morgan fingerprint density at radius 1 is 1.54 bits per heavy atom. The molecule has 78 valence electrons.